The Balaban J connectivity index is 0.000000336. The Morgan fingerprint density at radius 1 is 1.20 bits per heavy atom. The summed E-state index contributed by atoms with van der Waals surface area (Å²) >= 11 is 0. The molecule has 0 aromatic heterocycles. The molecule has 0 spiro atoms. The summed E-state index contributed by atoms with van der Waals surface area (Å²) < 4.78 is 25.9. The van der Waals surface area contributed by atoms with Crippen LogP contribution in [0.15, 0.2) is 0 Å². The Labute approximate surface area is 92.4 Å². The van der Waals surface area contributed by atoms with Crippen molar-refractivity contribution in [3.8, 4) is 0 Å². The van der Waals surface area contributed by atoms with Crippen LogP contribution in [-0.4, -0.2) is 30.9 Å². The molecule has 0 heterocycles. The molecule has 1 aliphatic carbocycles. The molecule has 0 amide bonds. The van der Waals surface area contributed by atoms with Gasteiger partial charge in [-0.1, -0.05) is 32.1 Å². The molecule has 2 N–H and O–H groups in total. The van der Waals surface area contributed by atoms with E-state index in [0.717, 1.165) is 12.3 Å². The maximum Gasteiger partial charge on any atom is 0.261 e. The van der Waals surface area contributed by atoms with E-state index >= 15 is 0 Å². The molecule has 15 heavy (non-hydrogen) atoms. The van der Waals surface area contributed by atoms with Gasteiger partial charge in [0.05, 0.1) is 6.26 Å². The van der Waals surface area contributed by atoms with Crippen LogP contribution in [0.5, 0.6) is 0 Å². The quantitative estimate of drug-likeness (QED) is 0.736. The Hall–Kier alpha value is -0.130. The zero-order chi connectivity index (χ0) is 11.7. The van der Waals surface area contributed by atoms with Gasteiger partial charge in [0, 0.05) is 6.61 Å². The third-order valence-electron chi connectivity index (χ3n) is 2.50. The highest BCUT2D eigenvalue weighted by atomic mass is 32.2. The zero-order valence-corrected chi connectivity index (χ0v) is 10.2. The summed E-state index contributed by atoms with van der Waals surface area (Å²) in [6.45, 7) is 0.385. The molecule has 0 radical (unpaired) electrons. The van der Waals surface area contributed by atoms with Crippen molar-refractivity contribution < 1.29 is 18.1 Å². The molecular weight excluding hydrogens is 216 g/mol. The second-order valence-electron chi connectivity index (χ2n) is 4.10. The summed E-state index contributed by atoms with van der Waals surface area (Å²) in [5.41, 5.74) is 0. The molecule has 0 saturated heterocycles. The summed E-state index contributed by atoms with van der Waals surface area (Å²) in [4.78, 5) is 0. The Morgan fingerprint density at radius 3 is 2.07 bits per heavy atom. The molecule has 0 unspecified atom stereocenters. The highest BCUT2D eigenvalue weighted by Crippen LogP contribution is 2.26. The lowest BCUT2D eigenvalue weighted by Gasteiger charge is -2.20. The van der Waals surface area contributed by atoms with E-state index in [2.05, 4.69) is 0 Å². The van der Waals surface area contributed by atoms with E-state index in [1.54, 1.807) is 0 Å². The minimum Gasteiger partial charge on any atom is -0.396 e. The van der Waals surface area contributed by atoms with Crippen molar-refractivity contribution in [1.29, 1.82) is 0 Å². The smallest absolute Gasteiger partial charge is 0.261 e. The van der Waals surface area contributed by atoms with Crippen molar-refractivity contribution in [3.05, 3.63) is 0 Å². The van der Waals surface area contributed by atoms with Crippen LogP contribution in [0.2, 0.25) is 0 Å². The lowest BCUT2D eigenvalue weighted by atomic mass is 9.86. The molecule has 5 heteroatoms. The number of aliphatic hydroxyl groups is 1. The van der Waals surface area contributed by atoms with Gasteiger partial charge < -0.3 is 5.11 Å². The molecule has 1 fully saturated rings. The Morgan fingerprint density at radius 2 is 1.67 bits per heavy atom. The van der Waals surface area contributed by atoms with Crippen molar-refractivity contribution in [3.63, 3.8) is 0 Å². The summed E-state index contributed by atoms with van der Waals surface area (Å²) in [5.74, 6) is 0.945. The lowest BCUT2D eigenvalue weighted by molar-refractivity contribution is 0.253. The molecule has 0 aliphatic heterocycles. The number of rotatable bonds is 3. The van der Waals surface area contributed by atoms with Gasteiger partial charge in [-0.05, 0) is 18.8 Å². The van der Waals surface area contributed by atoms with Crippen molar-refractivity contribution in [2.45, 2.75) is 44.9 Å². The van der Waals surface area contributed by atoms with Gasteiger partial charge in [-0.3, -0.25) is 4.55 Å². The number of aliphatic hydroxyl groups excluding tert-OH is 1. The van der Waals surface area contributed by atoms with E-state index in [4.69, 9.17) is 9.66 Å². The monoisotopic (exact) mass is 238 g/mol. The van der Waals surface area contributed by atoms with Gasteiger partial charge in [-0.2, -0.15) is 8.42 Å². The first-order valence-corrected chi connectivity index (χ1v) is 7.31. The van der Waals surface area contributed by atoms with E-state index < -0.39 is 10.1 Å². The molecule has 92 valence electrons. The van der Waals surface area contributed by atoms with Gasteiger partial charge in [0.15, 0.2) is 0 Å². The summed E-state index contributed by atoms with van der Waals surface area (Å²) in [5, 5.41) is 8.60. The van der Waals surface area contributed by atoms with Crippen LogP contribution >= 0.6 is 0 Å². The van der Waals surface area contributed by atoms with E-state index in [9.17, 15) is 8.42 Å². The first kappa shape index (κ1) is 14.9. The van der Waals surface area contributed by atoms with Crippen molar-refractivity contribution in [1.82, 2.24) is 0 Å². The van der Waals surface area contributed by atoms with Gasteiger partial charge in [0.1, 0.15) is 0 Å². The molecular formula is C10H22O4S. The van der Waals surface area contributed by atoms with Crippen LogP contribution < -0.4 is 0 Å². The molecule has 0 aromatic rings. The van der Waals surface area contributed by atoms with Crippen LogP contribution in [0.4, 0.5) is 0 Å². The van der Waals surface area contributed by atoms with Gasteiger partial charge in [-0.15, -0.1) is 0 Å². The average Bonchev–Trinajstić information content (AvgIpc) is 2.14. The van der Waals surface area contributed by atoms with Crippen LogP contribution in [0.25, 0.3) is 0 Å². The fraction of sp³-hybridized carbons (Fsp3) is 1.00. The predicted octanol–water partition coefficient (Wildman–Crippen LogP) is 1.84. The minimum absolute atomic E-state index is 0.385. The maximum absolute atomic E-state index is 9.19. The fourth-order valence-electron chi connectivity index (χ4n) is 1.86. The summed E-state index contributed by atoms with van der Waals surface area (Å²) in [7, 11) is -3.67. The highest BCUT2D eigenvalue weighted by molar-refractivity contribution is 7.85. The first-order valence-electron chi connectivity index (χ1n) is 5.47. The topological polar surface area (TPSA) is 74.6 Å². The third-order valence-corrected chi connectivity index (χ3v) is 2.50. The number of hydrogen-bond donors (Lipinski definition) is 2. The Kier molecular flexibility index (Phi) is 8.00. The maximum atomic E-state index is 9.19. The van der Waals surface area contributed by atoms with Crippen LogP contribution in [-0.2, 0) is 10.1 Å². The molecule has 1 rings (SSSR count). The average molecular weight is 238 g/mol. The van der Waals surface area contributed by atoms with Crippen LogP contribution in [0.3, 0.4) is 0 Å². The van der Waals surface area contributed by atoms with E-state index in [1.807, 2.05) is 0 Å². The molecule has 4 nitrogen and oxygen atoms in total. The molecule has 0 aromatic carbocycles. The van der Waals surface area contributed by atoms with Gasteiger partial charge >= 0.3 is 0 Å². The fourth-order valence-corrected chi connectivity index (χ4v) is 1.86. The molecule has 1 aliphatic rings. The van der Waals surface area contributed by atoms with Gasteiger partial charge in [-0.25, -0.2) is 0 Å². The predicted molar refractivity (Wildman–Crippen MR) is 60.4 cm³/mol. The molecule has 1 saturated carbocycles. The molecule has 0 atom stereocenters. The summed E-state index contributed by atoms with van der Waals surface area (Å²) in [6.07, 6.45) is 10.1. The van der Waals surface area contributed by atoms with E-state index in [0.29, 0.717) is 12.9 Å². The minimum atomic E-state index is -3.67. The zero-order valence-electron chi connectivity index (χ0n) is 9.35. The van der Waals surface area contributed by atoms with Gasteiger partial charge in [0.25, 0.3) is 10.1 Å². The van der Waals surface area contributed by atoms with E-state index in [-0.39, 0.29) is 0 Å². The van der Waals surface area contributed by atoms with Crippen LogP contribution in [0.1, 0.15) is 44.9 Å². The highest BCUT2D eigenvalue weighted by Gasteiger charge is 2.11. The second kappa shape index (κ2) is 8.07. The third kappa shape index (κ3) is 13.9. The standard InChI is InChI=1S/C9H18O.CH4O3S/c10-8-4-7-9-5-2-1-3-6-9;1-5(2,3)4/h9-10H,1-8H2;1H3,(H,2,3,4). The van der Waals surface area contributed by atoms with Crippen LogP contribution in [0, 0.1) is 5.92 Å². The van der Waals surface area contributed by atoms with Gasteiger partial charge in [0.2, 0.25) is 0 Å². The normalized spacial score (nSPS) is 18.1. The lowest BCUT2D eigenvalue weighted by Crippen LogP contribution is -2.06. The van der Waals surface area contributed by atoms with Crippen molar-refractivity contribution in [2.75, 3.05) is 12.9 Å². The SMILES string of the molecule is CS(=O)(=O)O.OCCCC1CCCCC1. The Bertz CT molecular complexity index is 222. The van der Waals surface area contributed by atoms with Crippen molar-refractivity contribution >= 4 is 10.1 Å². The largest absolute Gasteiger partial charge is 0.396 e. The summed E-state index contributed by atoms with van der Waals surface area (Å²) in [6, 6.07) is 0. The van der Waals surface area contributed by atoms with E-state index in [1.165, 1.54) is 38.5 Å². The van der Waals surface area contributed by atoms with Crippen molar-refractivity contribution in [2.24, 2.45) is 5.92 Å². The molecule has 0 bridgehead atoms. The second-order valence-corrected chi connectivity index (χ2v) is 5.57. The number of hydrogen-bond acceptors (Lipinski definition) is 3. The first-order chi connectivity index (χ1) is 6.93.